The molecule has 1 aliphatic carbocycles. The number of amides is 1. The number of rotatable bonds is 6. The van der Waals surface area contributed by atoms with Crippen molar-refractivity contribution in [3.05, 3.63) is 24.5 Å². The van der Waals surface area contributed by atoms with Crippen molar-refractivity contribution in [2.45, 2.75) is 69.6 Å². The Hall–Kier alpha value is -1.89. The zero-order valence-electron chi connectivity index (χ0n) is 15.4. The van der Waals surface area contributed by atoms with Crippen LogP contribution in [-0.2, 0) is 11.3 Å². The van der Waals surface area contributed by atoms with Crippen LogP contribution < -0.4 is 5.32 Å². The van der Waals surface area contributed by atoms with Crippen molar-refractivity contribution < 1.29 is 4.79 Å². The molecule has 0 radical (unpaired) electrons. The number of hydrogen-bond donors (Lipinski definition) is 1. The van der Waals surface area contributed by atoms with Gasteiger partial charge in [0, 0.05) is 30.5 Å². The van der Waals surface area contributed by atoms with E-state index in [4.69, 9.17) is 0 Å². The van der Waals surface area contributed by atoms with Gasteiger partial charge in [-0.2, -0.15) is 0 Å². The van der Waals surface area contributed by atoms with Crippen LogP contribution in [0.2, 0.25) is 0 Å². The maximum absolute atomic E-state index is 12.4. The van der Waals surface area contributed by atoms with Gasteiger partial charge in [-0.05, 0) is 31.9 Å². The minimum atomic E-state index is 0.0942. The van der Waals surface area contributed by atoms with E-state index in [0.29, 0.717) is 11.8 Å². The molecule has 1 amide bonds. The fourth-order valence-electron chi connectivity index (χ4n) is 3.39. The number of nitrogens with one attached hydrogen (secondary N) is 1. The lowest BCUT2D eigenvalue weighted by Gasteiger charge is -2.20. The van der Waals surface area contributed by atoms with Crippen LogP contribution in [0, 0.1) is 0 Å². The van der Waals surface area contributed by atoms with Crippen LogP contribution >= 0.6 is 11.8 Å². The van der Waals surface area contributed by atoms with Gasteiger partial charge < -0.3 is 9.88 Å². The van der Waals surface area contributed by atoms with Crippen LogP contribution in [0.5, 0.6) is 0 Å². The predicted molar refractivity (Wildman–Crippen MR) is 104 cm³/mol. The highest BCUT2D eigenvalue weighted by Crippen LogP contribution is 2.23. The highest BCUT2D eigenvalue weighted by Gasteiger charge is 2.17. The Morgan fingerprint density at radius 1 is 1.15 bits per heavy atom. The van der Waals surface area contributed by atoms with Gasteiger partial charge in [0.2, 0.25) is 5.91 Å². The van der Waals surface area contributed by atoms with Crippen molar-refractivity contribution in [1.29, 1.82) is 0 Å². The van der Waals surface area contributed by atoms with Crippen molar-refractivity contribution in [3.63, 3.8) is 0 Å². The molecule has 1 N–H and O–H groups in total. The minimum Gasteiger partial charge on any atom is -0.353 e. The molecule has 26 heavy (non-hydrogen) atoms. The van der Waals surface area contributed by atoms with Gasteiger partial charge in [0.15, 0.2) is 11.0 Å². The SMILES string of the molecule is CCn1c(SCC(=O)NC2CCCCCCC2)nnc1-c1ccncc1. The lowest BCUT2D eigenvalue weighted by molar-refractivity contribution is -0.119. The Morgan fingerprint density at radius 3 is 2.54 bits per heavy atom. The number of nitrogens with zero attached hydrogens (tertiary/aromatic N) is 4. The Kier molecular flexibility index (Phi) is 7.05. The molecule has 0 unspecified atom stereocenters. The first kappa shape index (κ1) is 18.9. The van der Waals surface area contributed by atoms with Crippen LogP contribution in [0.4, 0.5) is 0 Å². The summed E-state index contributed by atoms with van der Waals surface area (Å²) in [4.78, 5) is 16.4. The zero-order valence-corrected chi connectivity index (χ0v) is 16.2. The second-order valence-corrected chi connectivity index (χ2v) is 7.63. The summed E-state index contributed by atoms with van der Waals surface area (Å²) in [7, 11) is 0. The number of carbonyl (C=O) groups excluding carboxylic acids is 1. The van der Waals surface area contributed by atoms with Crippen molar-refractivity contribution in [3.8, 4) is 11.4 Å². The van der Waals surface area contributed by atoms with Crippen molar-refractivity contribution in [2.24, 2.45) is 0 Å². The molecule has 1 fully saturated rings. The highest BCUT2D eigenvalue weighted by atomic mass is 32.2. The van der Waals surface area contributed by atoms with E-state index in [0.717, 1.165) is 35.9 Å². The maximum Gasteiger partial charge on any atom is 0.230 e. The Morgan fingerprint density at radius 2 is 1.85 bits per heavy atom. The van der Waals surface area contributed by atoms with Crippen molar-refractivity contribution >= 4 is 17.7 Å². The first-order valence-electron chi connectivity index (χ1n) is 9.53. The summed E-state index contributed by atoms with van der Waals surface area (Å²) in [6, 6.07) is 4.18. The smallest absolute Gasteiger partial charge is 0.230 e. The number of hydrogen-bond acceptors (Lipinski definition) is 5. The summed E-state index contributed by atoms with van der Waals surface area (Å²) in [5.41, 5.74) is 0.986. The summed E-state index contributed by atoms with van der Waals surface area (Å²) in [5.74, 6) is 1.29. The lowest BCUT2D eigenvalue weighted by Crippen LogP contribution is -2.36. The third-order valence-corrected chi connectivity index (χ3v) is 5.74. The topological polar surface area (TPSA) is 72.7 Å². The van der Waals surface area contributed by atoms with Crippen LogP contribution in [0.15, 0.2) is 29.7 Å². The van der Waals surface area contributed by atoms with Gasteiger partial charge in [0.05, 0.1) is 5.75 Å². The fourth-order valence-corrected chi connectivity index (χ4v) is 4.21. The van der Waals surface area contributed by atoms with Gasteiger partial charge in [0.1, 0.15) is 0 Å². The zero-order chi connectivity index (χ0) is 18.2. The molecule has 0 bridgehead atoms. The molecule has 0 aromatic carbocycles. The molecule has 2 aromatic heterocycles. The van der Waals surface area contributed by atoms with Crippen LogP contribution in [0.3, 0.4) is 0 Å². The summed E-state index contributed by atoms with van der Waals surface area (Å²) in [6.07, 6.45) is 12.1. The predicted octanol–water partition coefficient (Wildman–Crippen LogP) is 3.68. The Balaban J connectivity index is 1.57. The second kappa shape index (κ2) is 9.71. The van der Waals surface area contributed by atoms with Gasteiger partial charge in [-0.1, -0.05) is 43.9 Å². The van der Waals surface area contributed by atoms with E-state index in [9.17, 15) is 4.79 Å². The first-order valence-corrected chi connectivity index (χ1v) is 10.5. The van der Waals surface area contributed by atoms with E-state index in [1.807, 2.05) is 16.7 Å². The highest BCUT2D eigenvalue weighted by molar-refractivity contribution is 7.99. The molecule has 0 aliphatic heterocycles. The summed E-state index contributed by atoms with van der Waals surface area (Å²) < 4.78 is 2.04. The largest absolute Gasteiger partial charge is 0.353 e. The maximum atomic E-state index is 12.4. The lowest BCUT2D eigenvalue weighted by atomic mass is 9.97. The number of thioether (sulfide) groups is 1. The van der Waals surface area contributed by atoms with Gasteiger partial charge in [0.25, 0.3) is 0 Å². The molecule has 3 rings (SSSR count). The summed E-state index contributed by atoms with van der Waals surface area (Å²) in [6.45, 7) is 2.82. The summed E-state index contributed by atoms with van der Waals surface area (Å²) in [5, 5.41) is 12.6. The van der Waals surface area contributed by atoms with Crippen LogP contribution in [0.1, 0.15) is 51.9 Å². The molecular formula is C19H27N5OS. The van der Waals surface area contributed by atoms with Gasteiger partial charge in [-0.3, -0.25) is 9.78 Å². The fraction of sp³-hybridized carbons (Fsp3) is 0.579. The van der Waals surface area contributed by atoms with E-state index in [-0.39, 0.29) is 5.91 Å². The molecule has 1 aliphatic rings. The van der Waals surface area contributed by atoms with Crippen molar-refractivity contribution in [2.75, 3.05) is 5.75 Å². The molecule has 0 spiro atoms. The molecule has 0 saturated heterocycles. The van der Waals surface area contributed by atoms with E-state index >= 15 is 0 Å². The van der Waals surface area contributed by atoms with E-state index in [2.05, 4.69) is 27.4 Å². The third-order valence-electron chi connectivity index (χ3n) is 4.77. The number of carbonyl (C=O) groups is 1. The molecule has 140 valence electrons. The number of pyridine rings is 1. The molecule has 2 heterocycles. The second-order valence-electron chi connectivity index (χ2n) is 6.68. The van der Waals surface area contributed by atoms with Gasteiger partial charge >= 0.3 is 0 Å². The monoisotopic (exact) mass is 373 g/mol. The molecular weight excluding hydrogens is 346 g/mol. The van der Waals surface area contributed by atoms with Crippen LogP contribution in [0.25, 0.3) is 11.4 Å². The van der Waals surface area contributed by atoms with E-state index < -0.39 is 0 Å². The average molecular weight is 374 g/mol. The standard InChI is InChI=1S/C19H27N5OS/c1-2-24-18(15-10-12-20-13-11-15)22-23-19(24)26-14-17(25)21-16-8-6-4-3-5-7-9-16/h10-13,16H,2-9,14H2,1H3,(H,21,25). The van der Waals surface area contributed by atoms with Crippen LogP contribution in [-0.4, -0.2) is 37.5 Å². The first-order chi connectivity index (χ1) is 12.8. The average Bonchev–Trinajstić information content (AvgIpc) is 3.06. The molecule has 0 atom stereocenters. The Labute approximate surface area is 159 Å². The van der Waals surface area contributed by atoms with Gasteiger partial charge in [-0.15, -0.1) is 10.2 Å². The quantitative estimate of drug-likeness (QED) is 0.782. The normalized spacial score (nSPS) is 16.0. The van der Waals surface area contributed by atoms with E-state index in [1.165, 1.54) is 43.9 Å². The van der Waals surface area contributed by atoms with Crippen molar-refractivity contribution in [1.82, 2.24) is 25.1 Å². The number of aromatic nitrogens is 4. The molecule has 2 aromatic rings. The molecule has 7 heteroatoms. The van der Waals surface area contributed by atoms with Gasteiger partial charge in [-0.25, -0.2) is 0 Å². The molecule has 1 saturated carbocycles. The Bertz CT molecular complexity index is 695. The van der Waals surface area contributed by atoms with E-state index in [1.54, 1.807) is 12.4 Å². The minimum absolute atomic E-state index is 0.0942. The third kappa shape index (κ3) is 5.06. The molecule has 6 nitrogen and oxygen atoms in total. The summed E-state index contributed by atoms with van der Waals surface area (Å²) >= 11 is 1.45.